The van der Waals surface area contributed by atoms with Gasteiger partial charge < -0.3 is 10.6 Å². The van der Waals surface area contributed by atoms with E-state index in [0.717, 1.165) is 36.0 Å². The van der Waals surface area contributed by atoms with Crippen LogP contribution in [0.5, 0.6) is 0 Å². The predicted molar refractivity (Wildman–Crippen MR) is 99.3 cm³/mol. The summed E-state index contributed by atoms with van der Waals surface area (Å²) in [4.78, 5) is 6.86. The molecule has 3 saturated heterocycles. The largest absolute Gasteiger partial charge is 0.412 e. The smallest absolute Gasteiger partial charge is 0.0952 e. The quantitative estimate of drug-likeness (QED) is 0.867. The molecule has 3 N–H and O–H groups in total. The van der Waals surface area contributed by atoms with Gasteiger partial charge in [-0.3, -0.25) is 9.88 Å². The van der Waals surface area contributed by atoms with Crippen molar-refractivity contribution in [2.24, 2.45) is 11.8 Å². The molecule has 130 valence electrons. The summed E-state index contributed by atoms with van der Waals surface area (Å²) in [5, 5.41) is 12.1. The first-order chi connectivity index (χ1) is 10.8. The third kappa shape index (κ3) is 3.07. The van der Waals surface area contributed by atoms with Crippen LogP contribution in [0, 0.1) is 11.8 Å². The summed E-state index contributed by atoms with van der Waals surface area (Å²) in [5.74, 6) is 1.27. The molecule has 5 rings (SSSR count). The van der Waals surface area contributed by atoms with Gasteiger partial charge in [-0.25, -0.2) is 0 Å². The monoisotopic (exact) mass is 348 g/mol. The zero-order chi connectivity index (χ0) is 15.1. The molecule has 0 aliphatic carbocycles. The average molecular weight is 349 g/mol. The highest BCUT2D eigenvalue weighted by atomic mass is 35.5. The van der Waals surface area contributed by atoms with E-state index in [1.807, 2.05) is 30.5 Å². The number of pyridine rings is 1. The Balaban J connectivity index is 0.00000104. The summed E-state index contributed by atoms with van der Waals surface area (Å²) in [5.41, 5.74) is 1.97. The number of piperidine rings is 3. The van der Waals surface area contributed by atoms with E-state index in [4.69, 9.17) is 0 Å². The Morgan fingerprint density at radius 2 is 2.08 bits per heavy atom. The van der Waals surface area contributed by atoms with Crippen LogP contribution >= 0.6 is 12.4 Å². The lowest BCUT2D eigenvalue weighted by Gasteiger charge is -2.50. The molecular weight excluding hydrogens is 324 g/mol. The van der Waals surface area contributed by atoms with Gasteiger partial charge in [-0.1, -0.05) is 24.3 Å². The standard InChI is InChI=1S/C19H22N2O.ClH.H2O/c1-2-13-12-21-10-8-14(13)11-18(21)19(22)16-7-9-20-17-6-4-3-5-15(16)17;;/h2-7,9,13-14,18-19,22H,1,8,10-12H2;1H;1H2/t13-,14-,18+,19-;;/m0../s1. The Labute approximate surface area is 148 Å². The Morgan fingerprint density at radius 1 is 1.29 bits per heavy atom. The summed E-state index contributed by atoms with van der Waals surface area (Å²) in [6.45, 7) is 6.11. The first-order valence-electron chi connectivity index (χ1n) is 8.16. The molecule has 3 aliphatic heterocycles. The summed E-state index contributed by atoms with van der Waals surface area (Å²) >= 11 is 0. The summed E-state index contributed by atoms with van der Waals surface area (Å²) in [7, 11) is 0. The number of hydrogen-bond donors (Lipinski definition) is 1. The number of hydrogen-bond acceptors (Lipinski definition) is 3. The number of aromatic nitrogens is 1. The average Bonchev–Trinajstić information content (AvgIpc) is 2.60. The van der Waals surface area contributed by atoms with Gasteiger partial charge in [-0.05, 0) is 48.9 Å². The third-order valence-corrected chi connectivity index (χ3v) is 5.52. The van der Waals surface area contributed by atoms with Crippen molar-refractivity contribution in [3.8, 4) is 0 Å². The molecule has 0 amide bonds. The van der Waals surface area contributed by atoms with Gasteiger partial charge in [-0.15, -0.1) is 19.0 Å². The molecular formula is C19H25ClN2O2. The molecule has 24 heavy (non-hydrogen) atoms. The number of aliphatic hydroxyl groups is 1. The molecule has 2 aromatic rings. The van der Waals surface area contributed by atoms with E-state index in [2.05, 4.69) is 28.6 Å². The highest BCUT2D eigenvalue weighted by Gasteiger charge is 2.42. The van der Waals surface area contributed by atoms with E-state index >= 15 is 0 Å². The first-order valence-corrected chi connectivity index (χ1v) is 8.16. The van der Waals surface area contributed by atoms with Gasteiger partial charge in [0.05, 0.1) is 11.6 Å². The van der Waals surface area contributed by atoms with Crippen molar-refractivity contribution >= 4 is 23.3 Å². The zero-order valence-electron chi connectivity index (χ0n) is 13.6. The number of rotatable bonds is 3. The van der Waals surface area contributed by atoms with E-state index in [1.54, 1.807) is 0 Å². The number of halogens is 1. The molecule has 1 aromatic carbocycles. The molecule has 3 aliphatic rings. The van der Waals surface area contributed by atoms with Crippen LogP contribution in [0.25, 0.3) is 10.9 Å². The van der Waals surface area contributed by atoms with Gasteiger partial charge in [0.15, 0.2) is 0 Å². The fourth-order valence-corrected chi connectivity index (χ4v) is 4.29. The molecule has 2 bridgehead atoms. The normalized spacial score (nSPS) is 29.4. The van der Waals surface area contributed by atoms with Crippen LogP contribution in [-0.2, 0) is 0 Å². The van der Waals surface area contributed by atoms with Crippen LogP contribution in [0.3, 0.4) is 0 Å². The predicted octanol–water partition coefficient (Wildman–Crippen LogP) is 2.76. The zero-order valence-corrected chi connectivity index (χ0v) is 14.5. The highest BCUT2D eigenvalue weighted by molar-refractivity contribution is 5.85. The second kappa shape index (κ2) is 7.62. The van der Waals surface area contributed by atoms with Crippen LogP contribution in [0.4, 0.5) is 0 Å². The minimum absolute atomic E-state index is 0. The molecule has 1 aromatic heterocycles. The van der Waals surface area contributed by atoms with Crippen LogP contribution < -0.4 is 0 Å². The fraction of sp³-hybridized carbons (Fsp3) is 0.421. The lowest BCUT2D eigenvalue weighted by atomic mass is 9.73. The number of para-hydroxylation sites is 1. The van der Waals surface area contributed by atoms with Gasteiger partial charge >= 0.3 is 0 Å². The number of aliphatic hydroxyl groups excluding tert-OH is 1. The number of benzene rings is 1. The maximum atomic E-state index is 11.0. The molecule has 4 heterocycles. The summed E-state index contributed by atoms with van der Waals surface area (Å²) in [6.07, 6.45) is 5.76. The second-order valence-corrected chi connectivity index (χ2v) is 6.61. The molecule has 4 nitrogen and oxygen atoms in total. The van der Waals surface area contributed by atoms with Crippen LogP contribution in [0.2, 0.25) is 0 Å². The van der Waals surface area contributed by atoms with E-state index < -0.39 is 6.10 Å². The topological polar surface area (TPSA) is 67.9 Å². The Bertz CT molecular complexity index is 703. The molecule has 0 saturated carbocycles. The van der Waals surface area contributed by atoms with Crippen molar-refractivity contribution in [2.45, 2.75) is 25.0 Å². The maximum absolute atomic E-state index is 11.0. The van der Waals surface area contributed by atoms with E-state index in [0.29, 0.717) is 11.8 Å². The van der Waals surface area contributed by atoms with Gasteiger partial charge in [0.2, 0.25) is 0 Å². The first kappa shape index (κ1) is 18.9. The van der Waals surface area contributed by atoms with Crippen LogP contribution in [0.1, 0.15) is 24.5 Å². The summed E-state index contributed by atoms with van der Waals surface area (Å²) < 4.78 is 0. The molecule has 3 fully saturated rings. The lowest BCUT2D eigenvalue weighted by molar-refractivity contribution is -0.0444. The van der Waals surface area contributed by atoms with E-state index in [1.165, 1.54) is 6.42 Å². The van der Waals surface area contributed by atoms with Crippen molar-refractivity contribution in [2.75, 3.05) is 13.1 Å². The molecule has 0 radical (unpaired) electrons. The third-order valence-electron chi connectivity index (χ3n) is 5.52. The lowest BCUT2D eigenvalue weighted by Crippen LogP contribution is -2.54. The van der Waals surface area contributed by atoms with Crippen molar-refractivity contribution in [3.63, 3.8) is 0 Å². The minimum Gasteiger partial charge on any atom is -0.412 e. The van der Waals surface area contributed by atoms with Crippen molar-refractivity contribution in [1.82, 2.24) is 9.88 Å². The SMILES string of the molecule is C=C[C@H]1CN2CC[C@H]1C[C@@H]2[C@@H](O)c1ccnc2ccccc12.Cl.O. The highest BCUT2D eigenvalue weighted by Crippen LogP contribution is 2.41. The van der Waals surface area contributed by atoms with Crippen molar-refractivity contribution in [1.29, 1.82) is 0 Å². The number of fused-ring (bicyclic) bond motifs is 4. The Hall–Kier alpha value is -1.46. The van der Waals surface area contributed by atoms with E-state index in [-0.39, 0.29) is 23.9 Å². The Morgan fingerprint density at radius 3 is 2.79 bits per heavy atom. The fourth-order valence-electron chi connectivity index (χ4n) is 4.29. The number of nitrogens with zero attached hydrogens (tertiary/aromatic N) is 2. The van der Waals surface area contributed by atoms with Gasteiger partial charge in [0.25, 0.3) is 0 Å². The summed E-state index contributed by atoms with van der Waals surface area (Å²) in [6, 6.07) is 10.3. The van der Waals surface area contributed by atoms with Crippen LogP contribution in [-0.4, -0.2) is 39.6 Å². The maximum Gasteiger partial charge on any atom is 0.0952 e. The van der Waals surface area contributed by atoms with Gasteiger partial charge in [0, 0.05) is 24.2 Å². The van der Waals surface area contributed by atoms with Crippen LogP contribution in [0.15, 0.2) is 49.2 Å². The molecule has 0 spiro atoms. The Kier molecular flexibility index (Phi) is 5.99. The van der Waals surface area contributed by atoms with Gasteiger partial charge in [-0.2, -0.15) is 0 Å². The minimum atomic E-state index is -0.443. The second-order valence-electron chi connectivity index (χ2n) is 6.61. The van der Waals surface area contributed by atoms with E-state index in [9.17, 15) is 5.11 Å². The molecule has 5 atom stereocenters. The van der Waals surface area contributed by atoms with Crippen molar-refractivity contribution in [3.05, 3.63) is 54.7 Å². The van der Waals surface area contributed by atoms with Gasteiger partial charge in [0.1, 0.15) is 0 Å². The van der Waals surface area contributed by atoms with Crippen molar-refractivity contribution < 1.29 is 10.6 Å². The molecule has 5 heteroatoms. The molecule has 1 unspecified atom stereocenters.